The number of nitro groups is 1. The summed E-state index contributed by atoms with van der Waals surface area (Å²) in [5.74, 6) is 0. The van der Waals surface area contributed by atoms with E-state index in [0.29, 0.717) is 0 Å². The quantitative estimate of drug-likeness (QED) is 0.338. The van der Waals surface area contributed by atoms with Gasteiger partial charge in [0.15, 0.2) is 4.90 Å². The average molecular weight is 305 g/mol. The standard InChI is InChI=1S/C10H15N3O6S/c11-8-1-2-10(9(7-8)13(16)17)20(18,19)12(3-5-14)4-6-15/h1-2,7,14-15H,3-6,11H2. The Labute approximate surface area is 115 Å². The molecule has 4 N–H and O–H groups in total. The van der Waals surface area contributed by atoms with Crippen molar-refractivity contribution in [1.29, 1.82) is 0 Å². The third-order valence-electron chi connectivity index (χ3n) is 2.50. The van der Waals surface area contributed by atoms with E-state index in [4.69, 9.17) is 15.9 Å². The van der Waals surface area contributed by atoms with E-state index in [2.05, 4.69) is 0 Å². The van der Waals surface area contributed by atoms with E-state index in [9.17, 15) is 18.5 Å². The van der Waals surface area contributed by atoms with Crippen LogP contribution >= 0.6 is 0 Å². The summed E-state index contributed by atoms with van der Waals surface area (Å²) < 4.78 is 25.4. The molecule has 0 aliphatic heterocycles. The summed E-state index contributed by atoms with van der Waals surface area (Å²) in [5.41, 5.74) is 4.82. The summed E-state index contributed by atoms with van der Waals surface area (Å²) in [6.45, 7) is -1.49. The van der Waals surface area contributed by atoms with Crippen LogP contribution in [-0.4, -0.2) is 54.2 Å². The summed E-state index contributed by atoms with van der Waals surface area (Å²) >= 11 is 0. The van der Waals surface area contributed by atoms with Crippen LogP contribution in [0.2, 0.25) is 0 Å². The van der Waals surface area contributed by atoms with Gasteiger partial charge in [-0.15, -0.1) is 0 Å². The highest BCUT2D eigenvalue weighted by atomic mass is 32.2. The van der Waals surface area contributed by atoms with Gasteiger partial charge in [-0.2, -0.15) is 4.31 Å². The van der Waals surface area contributed by atoms with Crippen molar-refractivity contribution in [2.75, 3.05) is 32.0 Å². The van der Waals surface area contributed by atoms with Crippen molar-refractivity contribution in [3.05, 3.63) is 28.3 Å². The highest BCUT2D eigenvalue weighted by Gasteiger charge is 2.31. The van der Waals surface area contributed by atoms with Crippen molar-refractivity contribution in [3.63, 3.8) is 0 Å². The molecule has 9 nitrogen and oxygen atoms in total. The normalized spacial score (nSPS) is 11.8. The lowest BCUT2D eigenvalue weighted by molar-refractivity contribution is -0.387. The fourth-order valence-corrected chi connectivity index (χ4v) is 3.17. The van der Waals surface area contributed by atoms with Gasteiger partial charge in [0.2, 0.25) is 10.0 Å². The van der Waals surface area contributed by atoms with Crippen LogP contribution in [0.3, 0.4) is 0 Å². The van der Waals surface area contributed by atoms with Crippen molar-refractivity contribution in [3.8, 4) is 0 Å². The van der Waals surface area contributed by atoms with Gasteiger partial charge in [-0.05, 0) is 12.1 Å². The second kappa shape index (κ2) is 6.61. The van der Waals surface area contributed by atoms with Crippen molar-refractivity contribution in [2.45, 2.75) is 4.90 Å². The number of nitrogens with zero attached hydrogens (tertiary/aromatic N) is 2. The van der Waals surface area contributed by atoms with Gasteiger partial charge in [-0.3, -0.25) is 10.1 Å². The molecular formula is C10H15N3O6S. The van der Waals surface area contributed by atoms with Crippen LogP contribution in [0.25, 0.3) is 0 Å². The Morgan fingerprint density at radius 2 is 1.80 bits per heavy atom. The summed E-state index contributed by atoms with van der Waals surface area (Å²) in [6.07, 6.45) is 0. The number of benzene rings is 1. The van der Waals surface area contributed by atoms with Gasteiger partial charge >= 0.3 is 0 Å². The molecule has 0 aromatic heterocycles. The molecular weight excluding hydrogens is 290 g/mol. The topological polar surface area (TPSA) is 147 Å². The van der Waals surface area contributed by atoms with Crippen LogP contribution in [0, 0.1) is 10.1 Å². The molecule has 0 heterocycles. The van der Waals surface area contributed by atoms with Gasteiger partial charge in [-0.1, -0.05) is 0 Å². The van der Waals surface area contributed by atoms with Crippen LogP contribution in [0.1, 0.15) is 0 Å². The summed E-state index contributed by atoms with van der Waals surface area (Å²) in [5, 5.41) is 28.6. The molecule has 0 saturated heterocycles. The molecule has 0 radical (unpaired) electrons. The lowest BCUT2D eigenvalue weighted by atomic mass is 10.3. The lowest BCUT2D eigenvalue weighted by Crippen LogP contribution is -2.36. The van der Waals surface area contributed by atoms with E-state index in [1.165, 1.54) is 6.07 Å². The van der Waals surface area contributed by atoms with Crippen molar-refractivity contribution >= 4 is 21.4 Å². The van der Waals surface area contributed by atoms with E-state index in [1.54, 1.807) is 0 Å². The number of nitrogens with two attached hydrogens (primary N) is 1. The Balaban J connectivity index is 3.36. The highest BCUT2D eigenvalue weighted by Crippen LogP contribution is 2.28. The van der Waals surface area contributed by atoms with Crippen LogP contribution in [0.5, 0.6) is 0 Å². The largest absolute Gasteiger partial charge is 0.399 e. The number of hydrogen-bond donors (Lipinski definition) is 3. The van der Waals surface area contributed by atoms with Crippen molar-refractivity contribution in [1.82, 2.24) is 4.31 Å². The van der Waals surface area contributed by atoms with Crippen molar-refractivity contribution < 1.29 is 23.6 Å². The first-order valence-electron chi connectivity index (χ1n) is 5.60. The van der Waals surface area contributed by atoms with E-state index in [0.717, 1.165) is 16.4 Å². The minimum atomic E-state index is -4.20. The number of hydrogen-bond acceptors (Lipinski definition) is 7. The van der Waals surface area contributed by atoms with E-state index < -0.39 is 38.7 Å². The van der Waals surface area contributed by atoms with Crippen molar-refractivity contribution in [2.24, 2.45) is 0 Å². The van der Waals surface area contributed by atoms with Gasteiger partial charge in [0.25, 0.3) is 5.69 Å². The number of nitro benzene ring substituents is 1. The number of anilines is 1. The first kappa shape index (κ1) is 16.3. The third kappa shape index (κ3) is 3.42. The summed E-state index contributed by atoms with van der Waals surface area (Å²) in [6, 6.07) is 3.21. The molecule has 0 amide bonds. The fraction of sp³-hybridized carbons (Fsp3) is 0.400. The van der Waals surface area contributed by atoms with E-state index >= 15 is 0 Å². The van der Waals surface area contributed by atoms with E-state index in [-0.39, 0.29) is 18.8 Å². The van der Waals surface area contributed by atoms with Gasteiger partial charge in [-0.25, -0.2) is 8.42 Å². The van der Waals surface area contributed by atoms with Crippen LogP contribution in [0.15, 0.2) is 23.1 Å². The first-order chi connectivity index (χ1) is 9.34. The minimum Gasteiger partial charge on any atom is -0.399 e. The van der Waals surface area contributed by atoms with Crippen LogP contribution < -0.4 is 5.73 Å². The fourth-order valence-electron chi connectivity index (χ4n) is 1.61. The molecule has 0 spiro atoms. The molecule has 0 fully saturated rings. The molecule has 0 bridgehead atoms. The smallest absolute Gasteiger partial charge is 0.291 e. The number of nitrogen functional groups attached to an aromatic ring is 1. The van der Waals surface area contributed by atoms with Gasteiger partial charge < -0.3 is 15.9 Å². The zero-order valence-corrected chi connectivity index (χ0v) is 11.3. The monoisotopic (exact) mass is 305 g/mol. The molecule has 0 atom stereocenters. The maximum Gasteiger partial charge on any atom is 0.291 e. The number of sulfonamides is 1. The molecule has 0 aliphatic carbocycles. The Bertz CT molecular complexity index is 583. The Kier molecular flexibility index (Phi) is 5.39. The number of aliphatic hydroxyl groups excluding tert-OH is 2. The maximum absolute atomic E-state index is 12.3. The predicted molar refractivity (Wildman–Crippen MR) is 70.4 cm³/mol. The Hall–Kier alpha value is -1.75. The van der Waals surface area contributed by atoms with Crippen LogP contribution in [-0.2, 0) is 10.0 Å². The average Bonchev–Trinajstić information content (AvgIpc) is 2.38. The Morgan fingerprint density at radius 3 is 2.25 bits per heavy atom. The van der Waals surface area contributed by atoms with Gasteiger partial charge in [0.1, 0.15) is 0 Å². The molecule has 1 aromatic rings. The van der Waals surface area contributed by atoms with Crippen LogP contribution in [0.4, 0.5) is 11.4 Å². The second-order valence-electron chi connectivity index (χ2n) is 3.84. The molecule has 1 rings (SSSR count). The predicted octanol–water partition coefficient (Wildman–Crippen LogP) is -0.848. The first-order valence-corrected chi connectivity index (χ1v) is 7.04. The number of rotatable bonds is 7. The molecule has 112 valence electrons. The van der Waals surface area contributed by atoms with E-state index in [1.807, 2.05) is 0 Å². The zero-order valence-electron chi connectivity index (χ0n) is 10.5. The Morgan fingerprint density at radius 1 is 1.25 bits per heavy atom. The number of aliphatic hydroxyl groups is 2. The zero-order chi connectivity index (χ0) is 15.3. The summed E-state index contributed by atoms with van der Waals surface area (Å²) in [4.78, 5) is 9.55. The summed E-state index contributed by atoms with van der Waals surface area (Å²) in [7, 11) is -4.20. The molecule has 1 aromatic carbocycles. The molecule has 10 heteroatoms. The third-order valence-corrected chi connectivity index (χ3v) is 4.44. The maximum atomic E-state index is 12.3. The second-order valence-corrected chi connectivity index (χ2v) is 5.74. The SMILES string of the molecule is Nc1ccc(S(=O)(=O)N(CCO)CCO)c([N+](=O)[O-])c1. The van der Waals surface area contributed by atoms with Gasteiger partial charge in [0.05, 0.1) is 18.1 Å². The van der Waals surface area contributed by atoms with Gasteiger partial charge in [0, 0.05) is 24.8 Å². The molecule has 0 unspecified atom stereocenters. The molecule has 20 heavy (non-hydrogen) atoms. The highest BCUT2D eigenvalue weighted by molar-refractivity contribution is 7.89. The lowest BCUT2D eigenvalue weighted by Gasteiger charge is -2.20. The molecule has 0 saturated carbocycles. The minimum absolute atomic E-state index is 0.0616. The molecule has 0 aliphatic rings.